The van der Waals surface area contributed by atoms with Gasteiger partial charge in [-0.05, 0) is 52.2 Å². The molecule has 0 fully saturated rings. The number of nitrogens with zero attached hydrogens (tertiary/aromatic N) is 5. The van der Waals surface area contributed by atoms with Crippen LogP contribution in [0.1, 0.15) is 5.56 Å². The Hall–Kier alpha value is -3.13. The van der Waals surface area contributed by atoms with Crippen LogP contribution in [0, 0.1) is 0 Å². The maximum Gasteiger partial charge on any atom is 0.183 e. The molecule has 0 radical (unpaired) electrons. The van der Waals surface area contributed by atoms with Crippen molar-refractivity contribution in [1.82, 2.24) is 24.9 Å². The van der Waals surface area contributed by atoms with Gasteiger partial charge < -0.3 is 10.1 Å². The molecule has 3 aromatic heterocycles. The van der Waals surface area contributed by atoms with E-state index in [0.29, 0.717) is 22.7 Å². The summed E-state index contributed by atoms with van der Waals surface area (Å²) >= 11 is 3.31. The van der Waals surface area contributed by atoms with Crippen LogP contribution in [0.15, 0.2) is 65.9 Å². The molecule has 4 rings (SSSR count). The molecule has 1 N–H and O–H groups in total. The molecule has 0 bridgehead atoms. The Balaban J connectivity index is 1.35. The second-order valence-corrected chi connectivity index (χ2v) is 6.50. The molecule has 0 saturated heterocycles. The zero-order valence-electron chi connectivity index (χ0n) is 14.2. The summed E-state index contributed by atoms with van der Waals surface area (Å²) in [4.78, 5) is 21.0. The van der Waals surface area contributed by atoms with E-state index in [-0.39, 0.29) is 0 Å². The third-order valence-corrected chi connectivity index (χ3v) is 4.30. The lowest BCUT2D eigenvalue weighted by Crippen LogP contribution is -2.07. The van der Waals surface area contributed by atoms with Crippen LogP contribution in [0.2, 0.25) is 0 Å². The van der Waals surface area contributed by atoms with Gasteiger partial charge in [-0.3, -0.25) is 0 Å². The molecule has 3 heterocycles. The number of pyridine rings is 1. The molecule has 1 aromatic carbocycles. The van der Waals surface area contributed by atoms with E-state index in [2.05, 4.69) is 46.2 Å². The number of benzene rings is 1. The maximum atomic E-state index is 5.78. The van der Waals surface area contributed by atoms with Crippen molar-refractivity contribution in [2.75, 3.05) is 11.9 Å². The number of anilines is 1. The molecule has 0 spiro atoms. The number of halogens is 1. The van der Waals surface area contributed by atoms with E-state index in [9.17, 15) is 0 Å². The minimum atomic E-state index is 0.582. The third-order valence-electron chi connectivity index (χ3n) is 3.84. The summed E-state index contributed by atoms with van der Waals surface area (Å²) in [5.74, 6) is 2.16. The maximum absolute atomic E-state index is 5.78. The fraction of sp³-hybridized carbons (Fsp3) is 0.105. The number of fused-ring (bicyclic) bond motifs is 1. The van der Waals surface area contributed by atoms with Gasteiger partial charge in [-0.25, -0.2) is 24.9 Å². The average Bonchev–Trinajstić information content (AvgIpc) is 2.71. The fourth-order valence-electron chi connectivity index (χ4n) is 2.53. The van der Waals surface area contributed by atoms with E-state index in [1.165, 1.54) is 11.9 Å². The first-order valence-corrected chi connectivity index (χ1v) is 9.11. The highest BCUT2D eigenvalue weighted by Crippen LogP contribution is 2.22. The first-order valence-electron chi connectivity index (χ1n) is 8.32. The minimum Gasteiger partial charge on any atom is -0.456 e. The standard InChI is InChI=1S/C19H15BrN6O/c20-16-6-5-15(11-24-16)27-14-3-1-13(2-4-14)7-8-22-18-17-19(26-12-25-18)23-10-9-21-17/h1-6,9-12H,7-8H2,(H,22,23,25,26). The number of nitrogens with one attached hydrogen (secondary N) is 1. The number of rotatable bonds is 6. The molecule has 0 atom stereocenters. The van der Waals surface area contributed by atoms with Crippen molar-refractivity contribution in [1.29, 1.82) is 0 Å². The molecular formula is C19H15BrN6O. The largest absolute Gasteiger partial charge is 0.456 e. The topological polar surface area (TPSA) is 85.7 Å². The Labute approximate surface area is 164 Å². The third kappa shape index (κ3) is 4.35. The van der Waals surface area contributed by atoms with Gasteiger partial charge in [0.05, 0.1) is 6.20 Å². The number of hydrogen-bond acceptors (Lipinski definition) is 7. The number of hydrogen-bond donors (Lipinski definition) is 1. The van der Waals surface area contributed by atoms with E-state index in [0.717, 1.165) is 23.3 Å². The van der Waals surface area contributed by atoms with Gasteiger partial charge in [-0.15, -0.1) is 0 Å². The first-order chi connectivity index (χ1) is 13.3. The molecule has 27 heavy (non-hydrogen) atoms. The zero-order valence-corrected chi connectivity index (χ0v) is 15.8. The molecule has 0 saturated carbocycles. The monoisotopic (exact) mass is 422 g/mol. The molecule has 7 nitrogen and oxygen atoms in total. The van der Waals surface area contributed by atoms with E-state index < -0.39 is 0 Å². The molecule has 134 valence electrons. The second-order valence-electron chi connectivity index (χ2n) is 5.69. The van der Waals surface area contributed by atoms with Crippen LogP contribution < -0.4 is 10.1 Å². The number of ether oxygens (including phenoxy) is 1. The molecule has 0 amide bonds. The highest BCUT2D eigenvalue weighted by molar-refractivity contribution is 9.10. The summed E-state index contributed by atoms with van der Waals surface area (Å²) in [6.07, 6.45) is 7.26. The van der Waals surface area contributed by atoms with Crippen molar-refractivity contribution < 1.29 is 4.74 Å². The Morgan fingerprint density at radius 1 is 0.852 bits per heavy atom. The van der Waals surface area contributed by atoms with E-state index in [1.807, 2.05) is 36.4 Å². The molecule has 0 aliphatic rings. The van der Waals surface area contributed by atoms with Crippen LogP contribution in [-0.2, 0) is 6.42 Å². The molecule has 0 aliphatic heterocycles. The predicted octanol–water partition coefficient (Wildman–Crippen LogP) is 4.02. The fourth-order valence-corrected chi connectivity index (χ4v) is 2.77. The Morgan fingerprint density at radius 2 is 1.67 bits per heavy atom. The quantitative estimate of drug-likeness (QED) is 0.469. The summed E-state index contributed by atoms with van der Waals surface area (Å²) in [5, 5.41) is 3.30. The van der Waals surface area contributed by atoms with E-state index in [4.69, 9.17) is 4.74 Å². The van der Waals surface area contributed by atoms with Crippen LogP contribution in [-0.4, -0.2) is 31.5 Å². The van der Waals surface area contributed by atoms with Gasteiger partial charge in [-0.1, -0.05) is 12.1 Å². The Bertz CT molecular complexity index is 1030. The van der Waals surface area contributed by atoms with Crippen LogP contribution in [0.25, 0.3) is 11.2 Å². The summed E-state index contributed by atoms with van der Waals surface area (Å²) in [6, 6.07) is 11.7. The molecular weight excluding hydrogens is 408 g/mol. The summed E-state index contributed by atoms with van der Waals surface area (Å²) in [7, 11) is 0. The van der Waals surface area contributed by atoms with Gasteiger partial charge in [0, 0.05) is 18.9 Å². The van der Waals surface area contributed by atoms with Gasteiger partial charge in [0.2, 0.25) is 0 Å². The minimum absolute atomic E-state index is 0.582. The molecule has 8 heteroatoms. The van der Waals surface area contributed by atoms with E-state index >= 15 is 0 Å². The highest BCUT2D eigenvalue weighted by atomic mass is 79.9. The van der Waals surface area contributed by atoms with Crippen LogP contribution >= 0.6 is 15.9 Å². The molecule has 4 aromatic rings. The van der Waals surface area contributed by atoms with Gasteiger partial charge in [0.1, 0.15) is 27.9 Å². The second kappa shape index (κ2) is 8.05. The lowest BCUT2D eigenvalue weighted by atomic mass is 10.1. The van der Waals surface area contributed by atoms with Crippen molar-refractivity contribution in [2.24, 2.45) is 0 Å². The van der Waals surface area contributed by atoms with Crippen LogP contribution in [0.5, 0.6) is 11.5 Å². The van der Waals surface area contributed by atoms with Gasteiger partial charge in [0.25, 0.3) is 0 Å². The van der Waals surface area contributed by atoms with Crippen LogP contribution in [0.4, 0.5) is 5.82 Å². The molecule has 0 aliphatic carbocycles. The lowest BCUT2D eigenvalue weighted by molar-refractivity contribution is 0.480. The lowest BCUT2D eigenvalue weighted by Gasteiger charge is -2.08. The number of aromatic nitrogens is 5. The zero-order chi connectivity index (χ0) is 18.5. The van der Waals surface area contributed by atoms with Crippen molar-refractivity contribution >= 4 is 32.9 Å². The summed E-state index contributed by atoms with van der Waals surface area (Å²) in [5.41, 5.74) is 2.44. The summed E-state index contributed by atoms with van der Waals surface area (Å²) in [6.45, 7) is 0.722. The summed E-state index contributed by atoms with van der Waals surface area (Å²) < 4.78 is 6.56. The van der Waals surface area contributed by atoms with Crippen molar-refractivity contribution in [3.63, 3.8) is 0 Å². The smallest absolute Gasteiger partial charge is 0.183 e. The SMILES string of the molecule is Brc1ccc(Oc2ccc(CCNc3ncnc4nccnc34)cc2)cn1. The van der Waals surface area contributed by atoms with E-state index in [1.54, 1.807) is 18.6 Å². The van der Waals surface area contributed by atoms with Crippen molar-refractivity contribution in [2.45, 2.75) is 6.42 Å². The predicted molar refractivity (Wildman–Crippen MR) is 106 cm³/mol. The van der Waals surface area contributed by atoms with Gasteiger partial charge >= 0.3 is 0 Å². The van der Waals surface area contributed by atoms with Crippen molar-refractivity contribution in [3.05, 3.63) is 71.5 Å². The average molecular weight is 423 g/mol. The molecule has 0 unspecified atom stereocenters. The van der Waals surface area contributed by atoms with Gasteiger partial charge in [0.15, 0.2) is 11.5 Å². The first kappa shape index (κ1) is 17.3. The van der Waals surface area contributed by atoms with Gasteiger partial charge in [-0.2, -0.15) is 0 Å². The van der Waals surface area contributed by atoms with Crippen LogP contribution in [0.3, 0.4) is 0 Å². The Kier molecular flexibility index (Phi) is 5.15. The van der Waals surface area contributed by atoms with Crippen molar-refractivity contribution in [3.8, 4) is 11.5 Å². The normalized spacial score (nSPS) is 10.7. The highest BCUT2D eigenvalue weighted by Gasteiger charge is 2.05. The Morgan fingerprint density at radius 3 is 2.48 bits per heavy atom.